The maximum Gasteiger partial charge on any atom is 0.339 e. The van der Waals surface area contributed by atoms with Gasteiger partial charge in [0.05, 0.1) is 10.6 Å². The Labute approximate surface area is 155 Å². The van der Waals surface area contributed by atoms with Crippen LogP contribution >= 0.6 is 27.7 Å². The lowest BCUT2D eigenvalue weighted by molar-refractivity contribution is -0.115. The van der Waals surface area contributed by atoms with Crippen LogP contribution in [0, 0.1) is 0 Å². The third-order valence-electron chi connectivity index (χ3n) is 3.26. The third kappa shape index (κ3) is 4.09. The van der Waals surface area contributed by atoms with Crippen molar-refractivity contribution in [2.24, 2.45) is 4.99 Å². The maximum absolute atomic E-state index is 12.0. The molecular formula is C17H11BrN2O4S. The quantitative estimate of drug-likeness (QED) is 0.659. The number of amides is 1. The monoisotopic (exact) mass is 418 g/mol. The summed E-state index contributed by atoms with van der Waals surface area (Å²) in [6.45, 7) is 0. The second kappa shape index (κ2) is 7.12. The standard InChI is InChI=1S/C17H11BrN2O4S/c18-10-3-1-9(2-4-10)7-14-15(22)20-17(25-14)19-11-5-6-12(16(23)24)13(21)8-11/h1-8,21H,(H,23,24)(H,19,20,22)/b14-7-. The van der Waals surface area contributed by atoms with Gasteiger partial charge in [0.2, 0.25) is 0 Å². The van der Waals surface area contributed by atoms with E-state index in [9.17, 15) is 14.7 Å². The van der Waals surface area contributed by atoms with E-state index >= 15 is 0 Å². The topological polar surface area (TPSA) is 99.0 Å². The lowest BCUT2D eigenvalue weighted by Crippen LogP contribution is -2.19. The van der Waals surface area contributed by atoms with Crippen molar-refractivity contribution in [3.8, 4) is 5.75 Å². The number of hydrogen-bond acceptors (Lipinski definition) is 5. The van der Waals surface area contributed by atoms with Crippen LogP contribution in [0.15, 0.2) is 56.8 Å². The van der Waals surface area contributed by atoms with Crippen molar-refractivity contribution in [1.29, 1.82) is 0 Å². The lowest BCUT2D eigenvalue weighted by Gasteiger charge is -2.01. The molecule has 3 N–H and O–H groups in total. The van der Waals surface area contributed by atoms with Gasteiger partial charge in [-0.15, -0.1) is 0 Å². The van der Waals surface area contributed by atoms with Gasteiger partial charge in [0.1, 0.15) is 11.3 Å². The summed E-state index contributed by atoms with van der Waals surface area (Å²) >= 11 is 4.52. The van der Waals surface area contributed by atoms with Crippen molar-refractivity contribution in [2.75, 3.05) is 0 Å². The summed E-state index contributed by atoms with van der Waals surface area (Å²) < 4.78 is 0.949. The molecule has 0 unspecified atom stereocenters. The van der Waals surface area contributed by atoms with E-state index < -0.39 is 5.97 Å². The van der Waals surface area contributed by atoms with Crippen molar-refractivity contribution in [3.05, 3.63) is 63.0 Å². The Kier molecular flexibility index (Phi) is 4.91. The van der Waals surface area contributed by atoms with Crippen LogP contribution in [0.5, 0.6) is 5.75 Å². The fraction of sp³-hybridized carbons (Fsp3) is 0. The van der Waals surface area contributed by atoms with Gasteiger partial charge < -0.3 is 15.5 Å². The predicted molar refractivity (Wildman–Crippen MR) is 100 cm³/mol. The van der Waals surface area contributed by atoms with E-state index in [0.717, 1.165) is 10.0 Å². The SMILES string of the molecule is O=C1NC(=Nc2ccc(C(=O)O)c(O)c2)S/C1=C\c1ccc(Br)cc1. The Morgan fingerprint density at radius 2 is 1.92 bits per heavy atom. The Bertz CT molecular complexity index is 923. The number of thioether (sulfide) groups is 1. The first kappa shape index (κ1) is 17.2. The summed E-state index contributed by atoms with van der Waals surface area (Å²) in [5, 5.41) is 21.6. The van der Waals surface area contributed by atoms with Gasteiger partial charge in [-0.05, 0) is 47.7 Å². The molecular weight excluding hydrogens is 408 g/mol. The molecule has 2 aromatic carbocycles. The summed E-state index contributed by atoms with van der Waals surface area (Å²) in [6.07, 6.45) is 1.75. The van der Waals surface area contributed by atoms with Gasteiger partial charge in [-0.3, -0.25) is 4.79 Å². The fourth-order valence-corrected chi connectivity index (χ4v) is 3.18. The van der Waals surface area contributed by atoms with Gasteiger partial charge in [0.25, 0.3) is 5.91 Å². The van der Waals surface area contributed by atoms with E-state index in [0.29, 0.717) is 15.8 Å². The number of halogens is 1. The average molecular weight is 419 g/mol. The molecule has 8 heteroatoms. The van der Waals surface area contributed by atoms with Gasteiger partial charge >= 0.3 is 5.97 Å². The first-order chi connectivity index (χ1) is 11.9. The van der Waals surface area contributed by atoms with Crippen LogP contribution in [0.1, 0.15) is 15.9 Å². The molecule has 0 aliphatic carbocycles. The molecule has 1 fully saturated rings. The second-order valence-corrected chi connectivity index (χ2v) is 6.99. The molecule has 6 nitrogen and oxygen atoms in total. The number of benzene rings is 2. The minimum absolute atomic E-state index is 0.206. The van der Waals surface area contributed by atoms with Crippen LogP contribution in [0.4, 0.5) is 5.69 Å². The number of hydrogen-bond donors (Lipinski definition) is 3. The van der Waals surface area contributed by atoms with Crippen molar-refractivity contribution < 1.29 is 19.8 Å². The number of rotatable bonds is 3. The predicted octanol–water partition coefficient (Wildman–Crippen LogP) is 3.74. The highest BCUT2D eigenvalue weighted by molar-refractivity contribution is 9.10. The summed E-state index contributed by atoms with van der Waals surface area (Å²) in [4.78, 5) is 27.6. The van der Waals surface area contributed by atoms with E-state index in [1.807, 2.05) is 24.3 Å². The van der Waals surface area contributed by atoms with E-state index in [1.54, 1.807) is 6.08 Å². The number of amidine groups is 1. The molecule has 1 amide bonds. The number of phenols is 1. The zero-order chi connectivity index (χ0) is 18.0. The molecule has 0 spiro atoms. The molecule has 126 valence electrons. The van der Waals surface area contributed by atoms with Gasteiger partial charge in [-0.25, -0.2) is 9.79 Å². The smallest absolute Gasteiger partial charge is 0.339 e. The highest BCUT2D eigenvalue weighted by atomic mass is 79.9. The molecule has 0 bridgehead atoms. The number of carboxylic acid groups (broad SMARTS) is 1. The molecule has 0 saturated carbocycles. The summed E-state index contributed by atoms with van der Waals surface area (Å²) in [7, 11) is 0. The van der Waals surface area contributed by atoms with E-state index in [1.165, 1.54) is 30.0 Å². The van der Waals surface area contributed by atoms with Crippen molar-refractivity contribution in [2.45, 2.75) is 0 Å². The fourth-order valence-electron chi connectivity index (χ4n) is 2.08. The number of carboxylic acids is 1. The van der Waals surface area contributed by atoms with Gasteiger partial charge in [-0.2, -0.15) is 0 Å². The Balaban J connectivity index is 1.82. The minimum Gasteiger partial charge on any atom is -0.507 e. The highest BCUT2D eigenvalue weighted by Gasteiger charge is 2.24. The van der Waals surface area contributed by atoms with Crippen LogP contribution in [-0.2, 0) is 4.79 Å². The summed E-state index contributed by atoms with van der Waals surface area (Å²) in [5.41, 5.74) is 1.02. The minimum atomic E-state index is -1.22. The molecule has 1 aliphatic rings. The molecule has 2 aromatic rings. The molecule has 0 atom stereocenters. The van der Waals surface area contributed by atoms with Crippen molar-refractivity contribution >= 4 is 56.5 Å². The zero-order valence-electron chi connectivity index (χ0n) is 12.6. The Hall–Kier alpha value is -2.58. The largest absolute Gasteiger partial charge is 0.507 e. The molecule has 1 heterocycles. The van der Waals surface area contributed by atoms with Crippen molar-refractivity contribution in [1.82, 2.24) is 5.32 Å². The second-order valence-electron chi connectivity index (χ2n) is 5.04. The van der Waals surface area contributed by atoms with E-state index in [2.05, 4.69) is 26.2 Å². The Morgan fingerprint density at radius 3 is 2.56 bits per heavy atom. The number of aromatic hydroxyl groups is 1. The van der Waals surface area contributed by atoms with Gasteiger partial charge in [-0.1, -0.05) is 28.1 Å². The van der Waals surface area contributed by atoms with Crippen LogP contribution in [0.3, 0.4) is 0 Å². The van der Waals surface area contributed by atoms with Crippen LogP contribution in [0.2, 0.25) is 0 Å². The number of carbonyl (C=O) groups is 2. The van der Waals surface area contributed by atoms with Crippen LogP contribution < -0.4 is 5.32 Å². The summed E-state index contributed by atoms with van der Waals surface area (Å²) in [6, 6.07) is 11.5. The average Bonchev–Trinajstić information content (AvgIpc) is 2.88. The number of aliphatic imine (C=N–C) groups is 1. The molecule has 25 heavy (non-hydrogen) atoms. The number of nitrogens with zero attached hydrogens (tertiary/aromatic N) is 1. The molecule has 0 radical (unpaired) electrons. The first-order valence-electron chi connectivity index (χ1n) is 7.04. The van der Waals surface area contributed by atoms with Crippen LogP contribution in [0.25, 0.3) is 6.08 Å². The number of carbonyl (C=O) groups excluding carboxylic acids is 1. The number of aromatic carboxylic acids is 1. The normalized spacial score (nSPS) is 17.1. The molecule has 1 aliphatic heterocycles. The molecule has 1 saturated heterocycles. The van der Waals surface area contributed by atoms with E-state index in [-0.39, 0.29) is 17.2 Å². The van der Waals surface area contributed by atoms with Gasteiger partial charge in [0.15, 0.2) is 5.17 Å². The maximum atomic E-state index is 12.0. The number of nitrogens with one attached hydrogen (secondary N) is 1. The van der Waals surface area contributed by atoms with Gasteiger partial charge in [0, 0.05) is 10.5 Å². The zero-order valence-corrected chi connectivity index (χ0v) is 15.0. The van der Waals surface area contributed by atoms with Crippen molar-refractivity contribution in [3.63, 3.8) is 0 Å². The third-order valence-corrected chi connectivity index (χ3v) is 4.70. The Morgan fingerprint density at radius 1 is 1.20 bits per heavy atom. The van der Waals surface area contributed by atoms with Crippen LogP contribution in [-0.4, -0.2) is 27.3 Å². The molecule has 3 rings (SSSR count). The molecule has 0 aromatic heterocycles. The van der Waals surface area contributed by atoms with E-state index in [4.69, 9.17) is 5.11 Å². The lowest BCUT2D eigenvalue weighted by atomic mass is 10.2. The summed E-state index contributed by atoms with van der Waals surface area (Å²) in [5.74, 6) is -1.87. The first-order valence-corrected chi connectivity index (χ1v) is 8.65. The highest BCUT2D eigenvalue weighted by Crippen LogP contribution is 2.30.